The molecule has 3 aromatic heterocycles. The van der Waals surface area contributed by atoms with Crippen LogP contribution in [0.4, 0.5) is 0 Å². The number of carbonyl (C=O) groups excluding carboxylic acids is 1. The fourth-order valence-corrected chi connectivity index (χ4v) is 2.64. The maximum absolute atomic E-state index is 12.3. The van der Waals surface area contributed by atoms with Gasteiger partial charge in [0.05, 0.1) is 11.7 Å². The normalized spacial score (nSPS) is 10.7. The van der Waals surface area contributed by atoms with E-state index in [4.69, 9.17) is 9.47 Å². The molecule has 0 aliphatic heterocycles. The van der Waals surface area contributed by atoms with Gasteiger partial charge in [0.2, 0.25) is 5.82 Å². The highest BCUT2D eigenvalue weighted by molar-refractivity contribution is 5.86. The highest BCUT2D eigenvalue weighted by atomic mass is 16.5. The van der Waals surface area contributed by atoms with E-state index in [0.29, 0.717) is 6.61 Å². The SMILES string of the molecule is O=C(OCc1ccc(OCc2ccncc2)cc1)c1ncc2ccccn12. The largest absolute Gasteiger partial charge is 0.489 e. The van der Waals surface area contributed by atoms with Crippen molar-refractivity contribution in [3.63, 3.8) is 0 Å². The maximum atomic E-state index is 12.3. The molecule has 27 heavy (non-hydrogen) atoms. The molecule has 0 saturated heterocycles. The first-order valence-corrected chi connectivity index (χ1v) is 8.49. The van der Waals surface area contributed by atoms with E-state index in [1.165, 1.54) is 0 Å². The molecule has 4 rings (SSSR count). The van der Waals surface area contributed by atoms with Gasteiger partial charge in [-0.2, -0.15) is 0 Å². The zero-order valence-electron chi connectivity index (χ0n) is 14.5. The Labute approximate surface area is 156 Å². The first-order chi connectivity index (χ1) is 13.3. The van der Waals surface area contributed by atoms with Crippen LogP contribution in [0.1, 0.15) is 21.7 Å². The van der Waals surface area contributed by atoms with Crippen LogP contribution in [-0.2, 0) is 18.0 Å². The number of pyridine rings is 2. The molecule has 1 aromatic carbocycles. The molecule has 0 aliphatic carbocycles. The van der Waals surface area contributed by atoms with Crippen molar-refractivity contribution in [3.8, 4) is 5.75 Å². The quantitative estimate of drug-likeness (QED) is 0.492. The van der Waals surface area contributed by atoms with Crippen LogP contribution in [0.25, 0.3) is 5.52 Å². The van der Waals surface area contributed by atoms with Crippen molar-refractivity contribution in [2.45, 2.75) is 13.2 Å². The van der Waals surface area contributed by atoms with Gasteiger partial charge >= 0.3 is 5.97 Å². The van der Waals surface area contributed by atoms with Gasteiger partial charge in [-0.05, 0) is 47.5 Å². The molecule has 0 saturated carbocycles. The summed E-state index contributed by atoms with van der Waals surface area (Å²) in [5, 5.41) is 0. The number of nitrogens with zero attached hydrogens (tertiary/aromatic N) is 3. The number of hydrogen-bond acceptors (Lipinski definition) is 5. The molecule has 0 fully saturated rings. The number of aromatic nitrogens is 3. The monoisotopic (exact) mass is 359 g/mol. The van der Waals surface area contributed by atoms with Crippen LogP contribution in [0.15, 0.2) is 79.4 Å². The van der Waals surface area contributed by atoms with Gasteiger partial charge in [0.1, 0.15) is 19.0 Å². The second-order valence-electron chi connectivity index (χ2n) is 5.94. The van der Waals surface area contributed by atoms with Crippen molar-refractivity contribution < 1.29 is 14.3 Å². The minimum absolute atomic E-state index is 0.172. The van der Waals surface area contributed by atoms with E-state index in [1.807, 2.05) is 54.6 Å². The highest BCUT2D eigenvalue weighted by Gasteiger charge is 2.14. The Balaban J connectivity index is 1.34. The zero-order chi connectivity index (χ0) is 18.5. The Hall–Kier alpha value is -3.67. The molecule has 0 bridgehead atoms. The summed E-state index contributed by atoms with van der Waals surface area (Å²) in [6, 6.07) is 16.9. The molecule has 0 atom stereocenters. The Bertz CT molecular complexity index is 1040. The number of imidazole rings is 1. The third kappa shape index (κ3) is 3.95. The predicted octanol–water partition coefficient (Wildman–Crippen LogP) is 3.67. The molecular formula is C21H17N3O3. The lowest BCUT2D eigenvalue weighted by Gasteiger charge is -2.08. The Morgan fingerprint density at radius 3 is 2.52 bits per heavy atom. The average Bonchev–Trinajstić information content (AvgIpc) is 3.16. The van der Waals surface area contributed by atoms with Crippen LogP contribution in [0.2, 0.25) is 0 Å². The number of ether oxygens (including phenoxy) is 2. The van der Waals surface area contributed by atoms with Crippen LogP contribution in [-0.4, -0.2) is 20.3 Å². The fourth-order valence-electron chi connectivity index (χ4n) is 2.64. The molecule has 134 valence electrons. The average molecular weight is 359 g/mol. The molecule has 0 N–H and O–H groups in total. The molecule has 0 unspecified atom stereocenters. The van der Waals surface area contributed by atoms with E-state index in [2.05, 4.69) is 9.97 Å². The number of esters is 1. The summed E-state index contributed by atoms with van der Waals surface area (Å²) in [7, 11) is 0. The molecule has 3 heterocycles. The molecule has 0 aliphatic rings. The number of carbonyl (C=O) groups is 1. The van der Waals surface area contributed by atoms with E-state index in [1.54, 1.807) is 29.2 Å². The van der Waals surface area contributed by atoms with E-state index in [0.717, 1.165) is 22.4 Å². The summed E-state index contributed by atoms with van der Waals surface area (Å²) in [4.78, 5) is 20.4. The molecule has 4 aromatic rings. The molecule has 6 nitrogen and oxygen atoms in total. The summed E-state index contributed by atoms with van der Waals surface area (Å²) < 4.78 is 12.8. The lowest BCUT2D eigenvalue weighted by Crippen LogP contribution is -2.09. The zero-order valence-corrected chi connectivity index (χ0v) is 14.5. The minimum atomic E-state index is -0.459. The fraction of sp³-hybridized carbons (Fsp3) is 0.0952. The van der Waals surface area contributed by atoms with Gasteiger partial charge in [0, 0.05) is 18.6 Å². The highest BCUT2D eigenvalue weighted by Crippen LogP contribution is 2.15. The van der Waals surface area contributed by atoms with E-state index >= 15 is 0 Å². The number of fused-ring (bicyclic) bond motifs is 1. The van der Waals surface area contributed by atoms with Crippen LogP contribution in [0.5, 0.6) is 5.75 Å². The smallest absolute Gasteiger partial charge is 0.375 e. The third-order valence-electron chi connectivity index (χ3n) is 4.07. The third-order valence-corrected chi connectivity index (χ3v) is 4.07. The molecule has 0 radical (unpaired) electrons. The lowest BCUT2D eigenvalue weighted by atomic mass is 10.2. The minimum Gasteiger partial charge on any atom is -0.489 e. The number of benzene rings is 1. The Morgan fingerprint density at radius 2 is 1.70 bits per heavy atom. The lowest BCUT2D eigenvalue weighted by molar-refractivity contribution is 0.0457. The van der Waals surface area contributed by atoms with Crippen molar-refractivity contribution in [2.75, 3.05) is 0 Å². The van der Waals surface area contributed by atoms with Crippen LogP contribution < -0.4 is 4.74 Å². The molecule has 0 spiro atoms. The van der Waals surface area contributed by atoms with Crippen LogP contribution >= 0.6 is 0 Å². The molecule has 0 amide bonds. The Morgan fingerprint density at radius 1 is 0.926 bits per heavy atom. The van der Waals surface area contributed by atoms with E-state index < -0.39 is 5.97 Å². The van der Waals surface area contributed by atoms with Gasteiger partial charge in [-0.3, -0.25) is 9.38 Å². The van der Waals surface area contributed by atoms with Gasteiger partial charge in [-0.15, -0.1) is 0 Å². The second-order valence-corrected chi connectivity index (χ2v) is 5.94. The van der Waals surface area contributed by atoms with Crippen LogP contribution in [0.3, 0.4) is 0 Å². The predicted molar refractivity (Wildman–Crippen MR) is 99.3 cm³/mol. The van der Waals surface area contributed by atoms with Crippen molar-refractivity contribution in [3.05, 3.63) is 96.3 Å². The second kappa shape index (κ2) is 7.70. The molecular weight excluding hydrogens is 342 g/mol. The summed E-state index contributed by atoms with van der Waals surface area (Å²) in [5.41, 5.74) is 2.77. The summed E-state index contributed by atoms with van der Waals surface area (Å²) >= 11 is 0. The van der Waals surface area contributed by atoms with Crippen molar-refractivity contribution in [2.24, 2.45) is 0 Å². The van der Waals surface area contributed by atoms with Gasteiger partial charge in [0.25, 0.3) is 0 Å². The van der Waals surface area contributed by atoms with Gasteiger partial charge in [-0.25, -0.2) is 9.78 Å². The summed E-state index contributed by atoms with van der Waals surface area (Å²) in [6.45, 7) is 0.648. The van der Waals surface area contributed by atoms with Gasteiger partial charge < -0.3 is 9.47 Å². The summed E-state index contributed by atoms with van der Waals surface area (Å²) in [5.74, 6) is 0.559. The first kappa shape index (κ1) is 16.8. The number of rotatable bonds is 6. The summed E-state index contributed by atoms with van der Waals surface area (Å²) in [6.07, 6.45) is 6.90. The van der Waals surface area contributed by atoms with E-state index in [9.17, 15) is 4.79 Å². The van der Waals surface area contributed by atoms with Gasteiger partial charge in [0.15, 0.2) is 0 Å². The standard InChI is InChI=1S/C21H17N3O3/c25-21(20-23-13-18-3-1-2-12-24(18)20)27-15-16-4-6-19(7-5-16)26-14-17-8-10-22-11-9-17/h1-13H,14-15H2. The van der Waals surface area contributed by atoms with Gasteiger partial charge in [-0.1, -0.05) is 18.2 Å². The number of hydrogen-bond donors (Lipinski definition) is 0. The topological polar surface area (TPSA) is 65.7 Å². The molecule has 6 heteroatoms. The van der Waals surface area contributed by atoms with Crippen molar-refractivity contribution >= 4 is 11.5 Å². The van der Waals surface area contributed by atoms with Crippen molar-refractivity contribution in [1.82, 2.24) is 14.4 Å². The van der Waals surface area contributed by atoms with E-state index in [-0.39, 0.29) is 12.4 Å². The maximum Gasteiger partial charge on any atom is 0.375 e. The Kier molecular flexibility index (Phi) is 4.78. The van der Waals surface area contributed by atoms with Crippen LogP contribution in [0, 0.1) is 0 Å². The van der Waals surface area contributed by atoms with Crippen molar-refractivity contribution in [1.29, 1.82) is 0 Å². The first-order valence-electron chi connectivity index (χ1n) is 8.49.